The van der Waals surface area contributed by atoms with Crippen LogP contribution in [0, 0.1) is 12.8 Å². The van der Waals surface area contributed by atoms with Crippen LogP contribution in [0.25, 0.3) is 0 Å². The van der Waals surface area contributed by atoms with Crippen molar-refractivity contribution in [3.8, 4) is 0 Å². The third kappa shape index (κ3) is 2.99. The number of aromatic nitrogens is 2. The molecule has 1 fully saturated rings. The first-order valence-electron chi connectivity index (χ1n) is 7.18. The summed E-state index contributed by atoms with van der Waals surface area (Å²) in [6.07, 6.45) is 2.46. The van der Waals surface area contributed by atoms with Crippen molar-refractivity contribution in [2.45, 2.75) is 52.9 Å². The Labute approximate surface area is 116 Å². The van der Waals surface area contributed by atoms with E-state index in [1.165, 1.54) is 12.8 Å². The van der Waals surface area contributed by atoms with Crippen LogP contribution in [0.4, 0.5) is 11.6 Å². The van der Waals surface area contributed by atoms with Gasteiger partial charge in [-0.3, -0.25) is 0 Å². The van der Waals surface area contributed by atoms with Crippen molar-refractivity contribution >= 4 is 11.6 Å². The average molecular weight is 262 g/mol. The van der Waals surface area contributed by atoms with Gasteiger partial charge in [0.25, 0.3) is 0 Å². The second-order valence-electron chi connectivity index (χ2n) is 6.80. The van der Waals surface area contributed by atoms with Crippen molar-refractivity contribution in [2.75, 3.05) is 23.7 Å². The second-order valence-corrected chi connectivity index (χ2v) is 6.80. The molecule has 0 bridgehead atoms. The minimum Gasteiger partial charge on any atom is -0.383 e. The lowest BCUT2D eigenvalue weighted by Crippen LogP contribution is -2.35. The third-order valence-electron chi connectivity index (χ3n) is 3.91. The number of rotatable bonds is 1. The Kier molecular flexibility index (Phi) is 3.70. The van der Waals surface area contributed by atoms with Gasteiger partial charge >= 0.3 is 0 Å². The number of nitrogens with zero attached hydrogens (tertiary/aromatic N) is 3. The zero-order valence-corrected chi connectivity index (χ0v) is 12.8. The molecular formula is C15H26N4. The second kappa shape index (κ2) is 4.99. The van der Waals surface area contributed by atoms with Crippen molar-refractivity contribution < 1.29 is 0 Å². The van der Waals surface area contributed by atoms with Crippen molar-refractivity contribution in [1.82, 2.24) is 9.97 Å². The number of hydrogen-bond donors (Lipinski definition) is 1. The van der Waals surface area contributed by atoms with Gasteiger partial charge in [-0.1, -0.05) is 27.7 Å². The number of hydrogen-bond acceptors (Lipinski definition) is 4. The predicted molar refractivity (Wildman–Crippen MR) is 80.5 cm³/mol. The Balaban J connectivity index is 2.36. The highest BCUT2D eigenvalue weighted by molar-refractivity contribution is 5.57. The number of piperidine rings is 1. The fourth-order valence-corrected chi connectivity index (χ4v) is 2.39. The minimum atomic E-state index is -0.0698. The topological polar surface area (TPSA) is 55.0 Å². The fraction of sp³-hybridized carbons (Fsp3) is 0.733. The zero-order chi connectivity index (χ0) is 14.2. The molecule has 2 N–H and O–H groups in total. The fourth-order valence-electron chi connectivity index (χ4n) is 2.39. The molecule has 0 aromatic carbocycles. The van der Waals surface area contributed by atoms with Crippen LogP contribution in [0.15, 0.2) is 0 Å². The molecule has 1 aromatic rings. The van der Waals surface area contributed by atoms with E-state index in [4.69, 9.17) is 10.7 Å². The molecule has 1 aromatic heterocycles. The van der Waals surface area contributed by atoms with Crippen LogP contribution < -0.4 is 10.6 Å². The lowest BCUT2D eigenvalue weighted by molar-refractivity contribution is 0.434. The first-order chi connectivity index (χ1) is 8.79. The Bertz CT molecular complexity index is 454. The molecule has 1 saturated heterocycles. The van der Waals surface area contributed by atoms with E-state index in [-0.39, 0.29) is 5.41 Å². The highest BCUT2D eigenvalue weighted by Crippen LogP contribution is 2.29. The van der Waals surface area contributed by atoms with Crippen molar-refractivity contribution in [1.29, 1.82) is 0 Å². The van der Waals surface area contributed by atoms with Crippen LogP contribution in [0.2, 0.25) is 0 Å². The van der Waals surface area contributed by atoms with Gasteiger partial charge in [0.05, 0.1) is 0 Å². The maximum Gasteiger partial charge on any atom is 0.138 e. The van der Waals surface area contributed by atoms with E-state index in [1.54, 1.807) is 0 Å². The molecule has 1 aliphatic heterocycles. The van der Waals surface area contributed by atoms with E-state index in [9.17, 15) is 0 Å². The molecule has 0 amide bonds. The van der Waals surface area contributed by atoms with Gasteiger partial charge in [-0.25, -0.2) is 9.97 Å². The Morgan fingerprint density at radius 3 is 2.26 bits per heavy atom. The standard InChI is InChI=1S/C15H26N4/c1-10-6-8-19(9-7-10)13-11(2)12(16)17-14(18-13)15(3,4)5/h10H,6-9H2,1-5H3,(H2,16,17,18). The largest absolute Gasteiger partial charge is 0.383 e. The molecule has 0 unspecified atom stereocenters. The van der Waals surface area contributed by atoms with Gasteiger partial charge < -0.3 is 10.6 Å². The summed E-state index contributed by atoms with van der Waals surface area (Å²) in [5, 5.41) is 0. The van der Waals surface area contributed by atoms with Gasteiger partial charge in [0.2, 0.25) is 0 Å². The van der Waals surface area contributed by atoms with Crippen LogP contribution >= 0.6 is 0 Å². The van der Waals surface area contributed by atoms with E-state index in [2.05, 4.69) is 37.6 Å². The molecule has 0 atom stereocenters. The minimum absolute atomic E-state index is 0.0698. The van der Waals surface area contributed by atoms with E-state index < -0.39 is 0 Å². The Hall–Kier alpha value is -1.32. The third-order valence-corrected chi connectivity index (χ3v) is 3.91. The molecule has 4 heteroatoms. The first-order valence-corrected chi connectivity index (χ1v) is 7.18. The maximum absolute atomic E-state index is 6.07. The lowest BCUT2D eigenvalue weighted by atomic mass is 9.95. The van der Waals surface area contributed by atoms with E-state index in [1.807, 2.05) is 6.92 Å². The molecule has 1 aliphatic rings. The summed E-state index contributed by atoms with van der Waals surface area (Å²) < 4.78 is 0. The lowest BCUT2D eigenvalue weighted by Gasteiger charge is -2.33. The van der Waals surface area contributed by atoms with Crippen LogP contribution in [-0.4, -0.2) is 23.1 Å². The quantitative estimate of drug-likeness (QED) is 0.845. The van der Waals surface area contributed by atoms with Crippen LogP contribution in [0.1, 0.15) is 51.9 Å². The number of nitrogens with two attached hydrogens (primary N) is 1. The highest BCUT2D eigenvalue weighted by Gasteiger charge is 2.24. The smallest absolute Gasteiger partial charge is 0.138 e. The molecule has 4 nitrogen and oxygen atoms in total. The Morgan fingerprint density at radius 2 is 1.74 bits per heavy atom. The number of anilines is 2. The molecule has 2 heterocycles. The Morgan fingerprint density at radius 1 is 1.16 bits per heavy atom. The molecule has 0 spiro atoms. The molecule has 2 rings (SSSR count). The van der Waals surface area contributed by atoms with Crippen molar-refractivity contribution in [2.24, 2.45) is 5.92 Å². The molecule has 19 heavy (non-hydrogen) atoms. The van der Waals surface area contributed by atoms with Crippen LogP contribution in [0.3, 0.4) is 0 Å². The average Bonchev–Trinajstić information content (AvgIpc) is 2.32. The normalized spacial score (nSPS) is 17.8. The first kappa shape index (κ1) is 14.1. The van der Waals surface area contributed by atoms with E-state index in [0.717, 1.165) is 36.2 Å². The van der Waals surface area contributed by atoms with E-state index in [0.29, 0.717) is 5.82 Å². The summed E-state index contributed by atoms with van der Waals surface area (Å²) in [4.78, 5) is 11.6. The highest BCUT2D eigenvalue weighted by atomic mass is 15.2. The summed E-state index contributed by atoms with van der Waals surface area (Å²) in [5.74, 6) is 3.31. The predicted octanol–water partition coefficient (Wildman–Crippen LogP) is 2.90. The monoisotopic (exact) mass is 262 g/mol. The van der Waals surface area contributed by atoms with Crippen LogP contribution in [0.5, 0.6) is 0 Å². The molecular weight excluding hydrogens is 236 g/mol. The maximum atomic E-state index is 6.07. The summed E-state index contributed by atoms with van der Waals surface area (Å²) in [5.41, 5.74) is 7.02. The van der Waals surface area contributed by atoms with Gasteiger partial charge in [-0.2, -0.15) is 0 Å². The summed E-state index contributed by atoms with van der Waals surface area (Å²) in [6, 6.07) is 0. The molecule has 106 valence electrons. The van der Waals surface area contributed by atoms with Gasteiger partial charge in [0, 0.05) is 24.1 Å². The molecule has 0 saturated carbocycles. The molecule has 0 radical (unpaired) electrons. The summed E-state index contributed by atoms with van der Waals surface area (Å²) >= 11 is 0. The summed E-state index contributed by atoms with van der Waals surface area (Å²) in [6.45, 7) is 12.9. The van der Waals surface area contributed by atoms with Crippen molar-refractivity contribution in [3.05, 3.63) is 11.4 Å². The van der Waals surface area contributed by atoms with Gasteiger partial charge in [0.1, 0.15) is 17.5 Å². The van der Waals surface area contributed by atoms with Gasteiger partial charge in [-0.15, -0.1) is 0 Å². The zero-order valence-electron chi connectivity index (χ0n) is 12.8. The van der Waals surface area contributed by atoms with Crippen LogP contribution in [-0.2, 0) is 5.41 Å². The van der Waals surface area contributed by atoms with Crippen molar-refractivity contribution in [3.63, 3.8) is 0 Å². The SMILES string of the molecule is Cc1c(N)nc(C(C)(C)C)nc1N1CCC(C)CC1. The van der Waals surface area contributed by atoms with Gasteiger partial charge in [-0.05, 0) is 25.7 Å². The summed E-state index contributed by atoms with van der Waals surface area (Å²) in [7, 11) is 0. The molecule has 0 aliphatic carbocycles. The van der Waals surface area contributed by atoms with Gasteiger partial charge in [0.15, 0.2) is 0 Å². The van der Waals surface area contributed by atoms with E-state index >= 15 is 0 Å². The number of nitrogen functional groups attached to an aromatic ring is 1.